The first-order chi connectivity index (χ1) is 15.9. The van der Waals surface area contributed by atoms with E-state index in [0.29, 0.717) is 30.0 Å². The molecule has 1 unspecified atom stereocenters. The summed E-state index contributed by atoms with van der Waals surface area (Å²) in [5.41, 5.74) is 1.55. The van der Waals surface area contributed by atoms with Gasteiger partial charge in [0, 0.05) is 16.7 Å². The van der Waals surface area contributed by atoms with Crippen molar-refractivity contribution >= 4 is 35.3 Å². The number of carboxylic acids is 1. The average Bonchev–Trinajstić information content (AvgIpc) is 2.93. The van der Waals surface area contributed by atoms with E-state index >= 15 is 0 Å². The molecule has 0 saturated heterocycles. The maximum atomic E-state index is 13.4. The number of aryl methyl sites for hydroxylation is 1. The maximum Gasteiger partial charge on any atom is 0.323 e. The number of hydrogen-bond acceptors (Lipinski definition) is 7. The zero-order chi connectivity index (χ0) is 23.8. The number of carbonyl (C=O) groups is 3. The van der Waals surface area contributed by atoms with Crippen LogP contribution in [0.2, 0.25) is 0 Å². The fraction of sp³-hybridized carbons (Fsp3) is 0.375. The number of nitrogens with one attached hydrogen (secondary N) is 1. The van der Waals surface area contributed by atoms with Gasteiger partial charge in [-0.15, -0.1) is 11.8 Å². The van der Waals surface area contributed by atoms with E-state index < -0.39 is 36.5 Å². The third kappa shape index (κ3) is 6.49. The standard InChI is InChI=1S/C24H28N2O6S/c1-3-32-24(30)18(11-9-16-7-5-4-6-8-16)25-19-15-33-21-12-10-17(31-2)13-20(21)26(23(19)29)14-22(27)28/h4-8,10,12-13,18-19,25H,3,9,11,14-15H2,1-2H3,(H,27,28)/t18-,19?/m1/s1. The van der Waals surface area contributed by atoms with Crippen LogP contribution in [0, 0.1) is 0 Å². The van der Waals surface area contributed by atoms with E-state index in [1.54, 1.807) is 19.1 Å². The van der Waals surface area contributed by atoms with E-state index in [1.165, 1.54) is 23.8 Å². The normalized spacial score (nSPS) is 16.5. The Morgan fingerprint density at radius 2 is 2.00 bits per heavy atom. The molecule has 9 heteroatoms. The Bertz CT molecular complexity index is 984. The number of carboxylic acid groups (broad SMARTS) is 1. The Morgan fingerprint density at radius 1 is 1.24 bits per heavy atom. The number of amides is 1. The lowest BCUT2D eigenvalue weighted by Gasteiger charge is -2.27. The average molecular weight is 473 g/mol. The summed E-state index contributed by atoms with van der Waals surface area (Å²) in [6.45, 7) is 1.47. The molecule has 0 radical (unpaired) electrons. The molecular weight excluding hydrogens is 444 g/mol. The highest BCUT2D eigenvalue weighted by molar-refractivity contribution is 7.99. The van der Waals surface area contributed by atoms with Crippen LogP contribution in [0.15, 0.2) is 53.4 Å². The van der Waals surface area contributed by atoms with E-state index in [0.717, 1.165) is 10.5 Å². The van der Waals surface area contributed by atoms with Crippen LogP contribution in [-0.2, 0) is 25.5 Å². The zero-order valence-corrected chi connectivity index (χ0v) is 19.5. The largest absolute Gasteiger partial charge is 0.497 e. The molecule has 0 fully saturated rings. The summed E-state index contributed by atoms with van der Waals surface area (Å²) < 4.78 is 10.5. The summed E-state index contributed by atoms with van der Waals surface area (Å²) in [5, 5.41) is 12.6. The predicted octanol–water partition coefficient (Wildman–Crippen LogP) is 2.74. The Hall–Kier alpha value is -3.04. The number of thioether (sulfide) groups is 1. The van der Waals surface area contributed by atoms with Gasteiger partial charge in [0.15, 0.2) is 0 Å². The summed E-state index contributed by atoms with van der Waals surface area (Å²) >= 11 is 1.43. The third-order valence-electron chi connectivity index (χ3n) is 5.26. The van der Waals surface area contributed by atoms with Crippen molar-refractivity contribution in [3.63, 3.8) is 0 Å². The number of fused-ring (bicyclic) bond motifs is 1. The number of hydrogen-bond donors (Lipinski definition) is 2. The first-order valence-electron chi connectivity index (χ1n) is 10.7. The molecule has 8 nitrogen and oxygen atoms in total. The molecule has 0 aliphatic carbocycles. The van der Waals surface area contributed by atoms with E-state index in [2.05, 4.69) is 5.32 Å². The summed E-state index contributed by atoms with van der Waals surface area (Å²) in [7, 11) is 1.51. The van der Waals surface area contributed by atoms with E-state index in [9.17, 15) is 19.5 Å². The smallest absolute Gasteiger partial charge is 0.323 e. The highest BCUT2D eigenvalue weighted by Crippen LogP contribution is 2.37. The summed E-state index contributed by atoms with van der Waals surface area (Å²) in [5.74, 6) is -1.11. The molecule has 2 N–H and O–H groups in total. The molecule has 1 amide bonds. The second-order valence-corrected chi connectivity index (χ2v) is 8.57. The van der Waals surface area contributed by atoms with Crippen molar-refractivity contribution in [3.05, 3.63) is 54.1 Å². The van der Waals surface area contributed by atoms with Crippen molar-refractivity contribution in [2.24, 2.45) is 0 Å². The molecule has 0 spiro atoms. The third-order valence-corrected chi connectivity index (χ3v) is 6.41. The highest BCUT2D eigenvalue weighted by atomic mass is 32.2. The van der Waals surface area contributed by atoms with Gasteiger partial charge in [0.25, 0.3) is 0 Å². The number of benzene rings is 2. The first kappa shape index (κ1) is 24.6. The van der Waals surface area contributed by atoms with Crippen molar-refractivity contribution in [3.8, 4) is 5.75 Å². The van der Waals surface area contributed by atoms with Crippen molar-refractivity contribution in [1.82, 2.24) is 5.32 Å². The summed E-state index contributed by atoms with van der Waals surface area (Å²) in [6, 6.07) is 13.5. The quantitative estimate of drug-likeness (QED) is 0.509. The molecule has 0 aromatic heterocycles. The van der Waals surface area contributed by atoms with Gasteiger partial charge >= 0.3 is 11.9 Å². The minimum atomic E-state index is -1.13. The van der Waals surface area contributed by atoms with Crippen LogP contribution in [0.1, 0.15) is 18.9 Å². The molecule has 3 rings (SSSR count). The van der Waals surface area contributed by atoms with Gasteiger partial charge in [0.05, 0.1) is 25.4 Å². The van der Waals surface area contributed by atoms with Crippen LogP contribution < -0.4 is 15.0 Å². The molecule has 2 atom stereocenters. The highest BCUT2D eigenvalue weighted by Gasteiger charge is 2.35. The SMILES string of the molecule is CCOC(=O)[C@@H](CCc1ccccc1)NC1CSc2ccc(OC)cc2N(CC(=O)O)C1=O. The number of nitrogens with zero attached hydrogens (tertiary/aromatic N) is 1. The Kier molecular flexibility index (Phi) is 8.73. The molecule has 0 saturated carbocycles. The number of esters is 1. The Labute approximate surface area is 197 Å². The number of ether oxygens (including phenoxy) is 2. The molecule has 1 heterocycles. The topological polar surface area (TPSA) is 105 Å². The lowest BCUT2D eigenvalue weighted by Crippen LogP contribution is -2.54. The molecule has 2 aromatic carbocycles. The fourth-order valence-electron chi connectivity index (χ4n) is 3.64. The Balaban J connectivity index is 1.83. The second kappa shape index (κ2) is 11.7. The summed E-state index contributed by atoms with van der Waals surface area (Å²) in [4.78, 5) is 39.6. The van der Waals surface area contributed by atoms with Gasteiger partial charge in [0.1, 0.15) is 18.3 Å². The molecule has 2 aromatic rings. The van der Waals surface area contributed by atoms with Gasteiger partial charge in [-0.1, -0.05) is 30.3 Å². The van der Waals surface area contributed by atoms with Crippen molar-refractivity contribution in [1.29, 1.82) is 0 Å². The van der Waals surface area contributed by atoms with Gasteiger partial charge in [0.2, 0.25) is 5.91 Å². The monoisotopic (exact) mass is 472 g/mol. The van der Waals surface area contributed by atoms with Gasteiger partial charge in [-0.2, -0.15) is 0 Å². The van der Waals surface area contributed by atoms with E-state index in [1.807, 2.05) is 36.4 Å². The minimum Gasteiger partial charge on any atom is -0.497 e. The van der Waals surface area contributed by atoms with Crippen LogP contribution in [0.5, 0.6) is 5.75 Å². The van der Waals surface area contributed by atoms with Gasteiger partial charge < -0.3 is 14.6 Å². The molecule has 0 bridgehead atoms. The van der Waals surface area contributed by atoms with Crippen molar-refractivity contribution < 1.29 is 29.0 Å². The molecule has 33 heavy (non-hydrogen) atoms. The van der Waals surface area contributed by atoms with Crippen LogP contribution in [0.4, 0.5) is 5.69 Å². The Morgan fingerprint density at radius 3 is 2.67 bits per heavy atom. The van der Waals surface area contributed by atoms with E-state index in [-0.39, 0.29) is 6.61 Å². The predicted molar refractivity (Wildman–Crippen MR) is 126 cm³/mol. The number of methoxy groups -OCH3 is 1. The molecule has 1 aliphatic rings. The van der Waals surface area contributed by atoms with Crippen LogP contribution >= 0.6 is 11.8 Å². The van der Waals surface area contributed by atoms with Gasteiger partial charge in [-0.3, -0.25) is 24.6 Å². The maximum absolute atomic E-state index is 13.4. The fourth-order valence-corrected chi connectivity index (χ4v) is 4.70. The zero-order valence-electron chi connectivity index (χ0n) is 18.7. The molecule has 1 aliphatic heterocycles. The number of carbonyl (C=O) groups excluding carboxylic acids is 2. The van der Waals surface area contributed by atoms with Gasteiger partial charge in [-0.25, -0.2) is 0 Å². The van der Waals surface area contributed by atoms with Crippen LogP contribution in [0.3, 0.4) is 0 Å². The van der Waals surface area contributed by atoms with Crippen LogP contribution in [-0.4, -0.2) is 61.1 Å². The van der Waals surface area contributed by atoms with E-state index in [4.69, 9.17) is 9.47 Å². The number of aliphatic carboxylic acids is 1. The molecular formula is C24H28N2O6S. The molecule has 176 valence electrons. The number of rotatable bonds is 10. The van der Waals surface area contributed by atoms with Crippen molar-refractivity contribution in [2.45, 2.75) is 36.7 Å². The first-order valence-corrected chi connectivity index (χ1v) is 11.7. The number of anilines is 1. The lowest BCUT2D eigenvalue weighted by molar-refractivity contribution is -0.146. The second-order valence-electron chi connectivity index (χ2n) is 7.51. The summed E-state index contributed by atoms with van der Waals surface area (Å²) in [6.07, 6.45) is 1.07. The van der Waals surface area contributed by atoms with Crippen LogP contribution in [0.25, 0.3) is 0 Å². The minimum absolute atomic E-state index is 0.228. The lowest BCUT2D eigenvalue weighted by atomic mass is 10.0. The van der Waals surface area contributed by atoms with Crippen molar-refractivity contribution in [2.75, 3.05) is 30.9 Å². The van der Waals surface area contributed by atoms with Gasteiger partial charge in [-0.05, 0) is 37.5 Å².